The second kappa shape index (κ2) is 7.62. The topological polar surface area (TPSA) is 61.1 Å². The number of hydrogen-bond donors (Lipinski definition) is 1. The molecule has 0 saturated heterocycles. The number of halogens is 2. The largest absolute Gasteiger partial charge is 0.382 e. The quantitative estimate of drug-likeness (QED) is 0.569. The van der Waals surface area contributed by atoms with Crippen LogP contribution in [-0.4, -0.2) is 22.4 Å². The summed E-state index contributed by atoms with van der Waals surface area (Å²) in [5.41, 5.74) is 2.61. The Labute approximate surface area is 199 Å². The molecule has 0 aliphatic heterocycles. The van der Waals surface area contributed by atoms with Crippen LogP contribution in [0.2, 0.25) is 0 Å². The highest BCUT2D eigenvalue weighted by atomic mass is 19.3. The summed E-state index contributed by atoms with van der Waals surface area (Å²) in [5.74, 6) is -2.18. The van der Waals surface area contributed by atoms with E-state index < -0.39 is 16.9 Å². The van der Waals surface area contributed by atoms with Gasteiger partial charge in [-0.05, 0) is 104 Å². The molecule has 0 heterocycles. The Kier molecular flexibility index (Phi) is 5.16. The number of carbonyl (C=O) groups is 1. The maximum absolute atomic E-state index is 15.1. The normalized spacial score (nSPS) is 35.0. The zero-order valence-electron chi connectivity index (χ0n) is 19.6. The number of nitrogens with zero attached hydrogens (tertiary/aromatic N) is 1. The minimum Gasteiger partial charge on any atom is -0.382 e. The molecule has 0 amide bonds. The van der Waals surface area contributed by atoms with Crippen molar-refractivity contribution in [3.8, 4) is 18.4 Å². The van der Waals surface area contributed by atoms with Gasteiger partial charge in [0.25, 0.3) is 0 Å². The Bertz CT molecular complexity index is 1230. The van der Waals surface area contributed by atoms with Gasteiger partial charge in [0, 0.05) is 17.8 Å². The van der Waals surface area contributed by atoms with E-state index >= 15 is 8.78 Å². The van der Waals surface area contributed by atoms with Crippen LogP contribution >= 0.6 is 0 Å². The van der Waals surface area contributed by atoms with Crippen LogP contribution in [-0.2, 0) is 4.79 Å². The van der Waals surface area contributed by atoms with Crippen LogP contribution < -0.4 is 0 Å². The summed E-state index contributed by atoms with van der Waals surface area (Å²) in [6, 6.07) is 7.75. The lowest BCUT2D eigenvalue weighted by Crippen LogP contribution is -2.60. The molecule has 176 valence electrons. The Morgan fingerprint density at radius 1 is 1.24 bits per heavy atom. The summed E-state index contributed by atoms with van der Waals surface area (Å²) in [4.78, 5) is 12.2. The predicted octanol–water partition coefficient (Wildman–Crippen LogP) is 5.77. The van der Waals surface area contributed by atoms with Gasteiger partial charge in [-0.25, -0.2) is 0 Å². The average Bonchev–Trinajstić information content (AvgIpc) is 3.10. The zero-order chi connectivity index (χ0) is 24.5. The summed E-state index contributed by atoms with van der Waals surface area (Å²) in [7, 11) is 0. The number of aliphatic hydroxyl groups is 1. The molecule has 4 unspecified atom stereocenters. The molecule has 2 fully saturated rings. The second-order valence-electron chi connectivity index (χ2n) is 10.8. The van der Waals surface area contributed by atoms with Gasteiger partial charge in [0.1, 0.15) is 5.60 Å². The third-order valence-electron chi connectivity index (χ3n) is 9.37. The minimum atomic E-state index is -3.63. The molecule has 5 heteroatoms. The molecule has 0 radical (unpaired) electrons. The highest BCUT2D eigenvalue weighted by Crippen LogP contribution is 2.69. The van der Waals surface area contributed by atoms with Crippen LogP contribution in [0.15, 0.2) is 41.0 Å². The van der Waals surface area contributed by atoms with E-state index in [4.69, 9.17) is 6.42 Å². The Morgan fingerprint density at radius 3 is 2.71 bits per heavy atom. The van der Waals surface area contributed by atoms with Crippen LogP contribution in [0.4, 0.5) is 8.78 Å². The van der Waals surface area contributed by atoms with Gasteiger partial charge in [-0.15, -0.1) is 6.42 Å². The number of fused-ring (bicyclic) bond motifs is 4. The highest BCUT2D eigenvalue weighted by molar-refractivity contribution is 5.93. The van der Waals surface area contributed by atoms with E-state index in [1.807, 2.05) is 19.1 Å². The van der Waals surface area contributed by atoms with E-state index in [-0.39, 0.29) is 30.0 Å². The molecule has 5 rings (SSSR count). The summed E-state index contributed by atoms with van der Waals surface area (Å²) in [6.07, 6.45) is 10.4. The van der Waals surface area contributed by atoms with Crippen LogP contribution in [0.25, 0.3) is 0 Å². The van der Waals surface area contributed by atoms with Gasteiger partial charge in [-0.2, -0.15) is 14.0 Å². The number of alkyl halides is 2. The number of terminal acetylenes is 1. The molecule has 0 aromatic heterocycles. The number of rotatable bonds is 2. The van der Waals surface area contributed by atoms with E-state index in [0.717, 1.165) is 29.5 Å². The molecule has 4 aliphatic rings. The molecule has 1 aromatic carbocycles. The van der Waals surface area contributed by atoms with Gasteiger partial charge in [0.15, 0.2) is 5.78 Å². The number of aryl methyl sites for hydroxylation is 1. The predicted molar refractivity (Wildman–Crippen MR) is 125 cm³/mol. The Balaban J connectivity index is 1.75. The van der Waals surface area contributed by atoms with Crippen molar-refractivity contribution in [3.63, 3.8) is 0 Å². The highest BCUT2D eigenvalue weighted by Gasteiger charge is 2.71. The first kappa shape index (κ1) is 23.0. The molecule has 1 aromatic rings. The molecule has 5 atom stereocenters. The van der Waals surface area contributed by atoms with Gasteiger partial charge in [0.2, 0.25) is 0 Å². The maximum Gasteiger partial charge on any atom is 0.336 e. The summed E-state index contributed by atoms with van der Waals surface area (Å²) >= 11 is 0. The van der Waals surface area contributed by atoms with Crippen molar-refractivity contribution in [1.82, 2.24) is 0 Å². The third-order valence-corrected chi connectivity index (χ3v) is 9.37. The van der Waals surface area contributed by atoms with Gasteiger partial charge < -0.3 is 5.11 Å². The van der Waals surface area contributed by atoms with Crippen molar-refractivity contribution in [2.24, 2.45) is 17.3 Å². The minimum absolute atomic E-state index is 0.0321. The Morgan fingerprint density at radius 2 is 2.00 bits per heavy atom. The van der Waals surface area contributed by atoms with Crippen LogP contribution in [0.1, 0.15) is 74.5 Å². The first-order valence-corrected chi connectivity index (χ1v) is 12.1. The lowest BCUT2D eigenvalue weighted by molar-refractivity contribution is -0.209. The fourth-order valence-electron chi connectivity index (χ4n) is 7.66. The molecular formula is C29H29F2NO2. The summed E-state index contributed by atoms with van der Waals surface area (Å²) in [5, 5.41) is 21.1. The zero-order valence-corrected chi connectivity index (χ0v) is 19.6. The number of benzene rings is 1. The van der Waals surface area contributed by atoms with Gasteiger partial charge in [-0.3, -0.25) is 4.79 Å². The van der Waals surface area contributed by atoms with E-state index in [9.17, 15) is 15.2 Å². The van der Waals surface area contributed by atoms with Crippen molar-refractivity contribution in [2.75, 3.05) is 0 Å². The number of allylic oxidation sites excluding steroid dienone is 4. The smallest absolute Gasteiger partial charge is 0.336 e. The van der Waals surface area contributed by atoms with E-state index in [1.165, 1.54) is 11.1 Å². The molecule has 1 N–H and O–H groups in total. The number of ketones is 1. The van der Waals surface area contributed by atoms with Crippen LogP contribution in [0.5, 0.6) is 0 Å². The van der Waals surface area contributed by atoms with E-state index in [0.29, 0.717) is 31.2 Å². The van der Waals surface area contributed by atoms with Gasteiger partial charge in [0.05, 0.1) is 11.6 Å². The maximum atomic E-state index is 15.1. The molecule has 4 aliphatic carbocycles. The standard InChI is InChI=1S/C29H29F2NO2/c1-4-29(30,31)28(34)12-11-25-22-9-7-19-14-20(33)8-10-21(19)26(22)24(15-27(25,28)3)23-13-18(16-32)6-5-17(23)2/h1,5-6,13-14,22,24-25,34H,7-12,15H2,2-3H3/t22?,24?,25?,27?,28-/m0/s1. The number of nitriles is 1. The van der Waals surface area contributed by atoms with E-state index in [1.54, 1.807) is 25.0 Å². The third kappa shape index (κ3) is 2.99. The molecule has 34 heavy (non-hydrogen) atoms. The number of hydrogen-bond acceptors (Lipinski definition) is 3. The fraction of sp³-hybridized carbons (Fsp3) is 0.517. The van der Waals surface area contributed by atoms with Crippen LogP contribution in [0, 0.1) is 47.8 Å². The van der Waals surface area contributed by atoms with Crippen molar-refractivity contribution < 1.29 is 18.7 Å². The van der Waals surface area contributed by atoms with Crippen molar-refractivity contribution in [1.29, 1.82) is 5.26 Å². The number of carbonyl (C=O) groups excluding carboxylic acids is 1. The first-order valence-electron chi connectivity index (χ1n) is 12.1. The second-order valence-corrected chi connectivity index (χ2v) is 10.8. The van der Waals surface area contributed by atoms with Crippen molar-refractivity contribution >= 4 is 5.78 Å². The molecule has 3 nitrogen and oxygen atoms in total. The fourth-order valence-corrected chi connectivity index (χ4v) is 7.66. The SMILES string of the molecule is C#CC(F)(F)[C@]1(O)CCC2C3CCC4=CC(=O)CCC4=C3C(c3cc(C#N)ccc3C)CC21C. The summed E-state index contributed by atoms with van der Waals surface area (Å²) < 4.78 is 30.3. The first-order chi connectivity index (χ1) is 16.1. The van der Waals surface area contributed by atoms with Gasteiger partial charge >= 0.3 is 5.92 Å². The van der Waals surface area contributed by atoms with Crippen molar-refractivity contribution in [3.05, 3.63) is 57.7 Å². The van der Waals surface area contributed by atoms with Crippen LogP contribution in [0.3, 0.4) is 0 Å². The average molecular weight is 462 g/mol. The lowest BCUT2D eigenvalue weighted by Gasteiger charge is -2.55. The van der Waals surface area contributed by atoms with Gasteiger partial charge in [-0.1, -0.05) is 18.6 Å². The van der Waals surface area contributed by atoms with Crippen molar-refractivity contribution in [2.45, 2.75) is 76.2 Å². The lowest BCUT2D eigenvalue weighted by atomic mass is 9.50. The molecule has 2 saturated carbocycles. The molecular weight excluding hydrogens is 432 g/mol. The monoisotopic (exact) mass is 461 g/mol. The Hall–Kier alpha value is -2.76. The molecule has 0 bridgehead atoms. The molecule has 0 spiro atoms. The van der Waals surface area contributed by atoms with E-state index in [2.05, 4.69) is 6.07 Å². The summed E-state index contributed by atoms with van der Waals surface area (Å²) in [6.45, 7) is 3.77.